The summed E-state index contributed by atoms with van der Waals surface area (Å²) in [6, 6.07) is 14.1. The first kappa shape index (κ1) is 25.1. The third-order valence-electron chi connectivity index (χ3n) is 5.61. The van der Waals surface area contributed by atoms with Crippen LogP contribution in [0.25, 0.3) is 0 Å². The maximum absolute atomic E-state index is 12.9. The lowest BCUT2D eigenvalue weighted by atomic mass is 9.98. The number of esters is 1. The molecule has 34 heavy (non-hydrogen) atoms. The maximum atomic E-state index is 12.9. The third-order valence-corrected chi connectivity index (χ3v) is 7.50. The number of benzene rings is 2. The molecule has 0 spiro atoms. The molecule has 1 N–H and O–H groups in total. The van der Waals surface area contributed by atoms with Crippen LogP contribution >= 0.6 is 0 Å². The van der Waals surface area contributed by atoms with Gasteiger partial charge < -0.3 is 10.1 Å². The number of nitriles is 1. The topological polar surface area (TPSA) is 134 Å². The molecule has 1 saturated heterocycles. The summed E-state index contributed by atoms with van der Waals surface area (Å²) in [6.07, 6.45) is -0.526. The lowest BCUT2D eigenvalue weighted by Crippen LogP contribution is -2.41. The van der Waals surface area contributed by atoms with E-state index in [0.717, 1.165) is 0 Å². The van der Waals surface area contributed by atoms with E-state index >= 15 is 0 Å². The summed E-state index contributed by atoms with van der Waals surface area (Å²) in [4.78, 5) is 36.5. The Hall–Kier alpha value is -3.55. The second kappa shape index (κ2) is 10.6. The normalized spacial score (nSPS) is 15.7. The standard InChI is InChI=1S/C24H25N3O6S/c1-16(28)20-4-3-5-22(14-20)34(31,32)27-12-10-19(11-13-27)24(30)33-17(2)23(29)26-21-8-6-18(15-25)7-9-21/h3-9,14,17,19H,10-13H2,1-2H3,(H,26,29)/t17-/m1/s1. The van der Waals surface area contributed by atoms with Crippen LogP contribution in [0.15, 0.2) is 53.4 Å². The Labute approximate surface area is 198 Å². The van der Waals surface area contributed by atoms with Crippen LogP contribution in [-0.4, -0.2) is 49.6 Å². The van der Waals surface area contributed by atoms with E-state index in [1.807, 2.05) is 6.07 Å². The van der Waals surface area contributed by atoms with Crippen LogP contribution in [0.1, 0.15) is 42.6 Å². The van der Waals surface area contributed by atoms with Crippen LogP contribution in [0.3, 0.4) is 0 Å². The van der Waals surface area contributed by atoms with Gasteiger partial charge in [-0.3, -0.25) is 14.4 Å². The molecule has 0 saturated carbocycles. The van der Waals surface area contributed by atoms with Crippen molar-refractivity contribution in [2.24, 2.45) is 5.92 Å². The fraction of sp³-hybridized carbons (Fsp3) is 0.333. The first-order valence-electron chi connectivity index (χ1n) is 10.7. The number of carbonyl (C=O) groups is 3. The van der Waals surface area contributed by atoms with Crippen LogP contribution < -0.4 is 5.32 Å². The number of ether oxygens (including phenoxy) is 1. The van der Waals surface area contributed by atoms with Gasteiger partial charge in [-0.15, -0.1) is 0 Å². The quantitative estimate of drug-likeness (QED) is 0.473. The van der Waals surface area contributed by atoms with Crippen LogP contribution in [0.2, 0.25) is 0 Å². The second-order valence-electron chi connectivity index (χ2n) is 8.02. The number of hydrogen-bond acceptors (Lipinski definition) is 7. The molecule has 0 unspecified atom stereocenters. The molecule has 1 fully saturated rings. The van der Waals surface area contributed by atoms with Gasteiger partial charge in [0.15, 0.2) is 11.9 Å². The van der Waals surface area contributed by atoms with Gasteiger partial charge in [0.05, 0.1) is 22.4 Å². The average Bonchev–Trinajstić information content (AvgIpc) is 2.84. The van der Waals surface area contributed by atoms with Crippen molar-refractivity contribution in [2.75, 3.05) is 18.4 Å². The van der Waals surface area contributed by atoms with E-state index in [1.165, 1.54) is 36.4 Å². The third kappa shape index (κ3) is 5.87. The number of piperidine rings is 1. The number of sulfonamides is 1. The van der Waals surface area contributed by atoms with Crippen molar-refractivity contribution >= 4 is 33.4 Å². The van der Waals surface area contributed by atoms with Gasteiger partial charge in [0, 0.05) is 24.3 Å². The first-order valence-corrected chi connectivity index (χ1v) is 12.2. The number of ketones is 1. The molecule has 2 aromatic rings. The Morgan fingerprint density at radius 1 is 1.12 bits per heavy atom. The molecular formula is C24H25N3O6S. The zero-order valence-electron chi connectivity index (χ0n) is 18.9. The molecule has 2 aromatic carbocycles. The number of amides is 1. The van der Waals surface area contributed by atoms with E-state index in [0.29, 0.717) is 16.8 Å². The number of rotatable bonds is 7. The minimum atomic E-state index is -3.80. The maximum Gasteiger partial charge on any atom is 0.309 e. The fourth-order valence-electron chi connectivity index (χ4n) is 3.55. The fourth-order valence-corrected chi connectivity index (χ4v) is 5.07. The molecule has 1 aliphatic heterocycles. The van der Waals surface area contributed by atoms with Crippen molar-refractivity contribution in [3.8, 4) is 6.07 Å². The van der Waals surface area contributed by atoms with E-state index in [1.54, 1.807) is 30.3 Å². The highest BCUT2D eigenvalue weighted by atomic mass is 32.2. The van der Waals surface area contributed by atoms with E-state index in [4.69, 9.17) is 10.00 Å². The molecule has 1 atom stereocenters. The highest BCUT2D eigenvalue weighted by Gasteiger charge is 2.34. The summed E-state index contributed by atoms with van der Waals surface area (Å²) in [7, 11) is -3.80. The average molecular weight is 484 g/mol. The molecule has 9 nitrogen and oxygen atoms in total. The monoisotopic (exact) mass is 483 g/mol. The van der Waals surface area contributed by atoms with Gasteiger partial charge in [-0.2, -0.15) is 9.57 Å². The molecule has 0 aromatic heterocycles. The zero-order chi connectivity index (χ0) is 24.9. The van der Waals surface area contributed by atoms with Crippen molar-refractivity contribution in [1.82, 2.24) is 4.31 Å². The van der Waals surface area contributed by atoms with E-state index in [-0.39, 0.29) is 36.6 Å². The highest BCUT2D eigenvalue weighted by Crippen LogP contribution is 2.25. The van der Waals surface area contributed by atoms with Gasteiger partial charge in [-0.25, -0.2) is 8.42 Å². The van der Waals surface area contributed by atoms with Crippen LogP contribution in [0.4, 0.5) is 5.69 Å². The van der Waals surface area contributed by atoms with Crippen molar-refractivity contribution < 1.29 is 27.5 Å². The van der Waals surface area contributed by atoms with E-state index < -0.39 is 33.9 Å². The molecular weight excluding hydrogens is 458 g/mol. The summed E-state index contributed by atoms with van der Waals surface area (Å²) in [5.41, 5.74) is 1.24. The molecule has 1 heterocycles. The van der Waals surface area contributed by atoms with Gasteiger partial charge in [-0.05, 0) is 63.1 Å². The molecule has 0 aliphatic carbocycles. The first-order chi connectivity index (χ1) is 16.1. The Kier molecular flexibility index (Phi) is 7.81. The molecule has 178 valence electrons. The summed E-state index contributed by atoms with van der Waals surface area (Å²) in [5, 5.41) is 11.4. The van der Waals surface area contributed by atoms with Crippen molar-refractivity contribution in [3.05, 3.63) is 59.7 Å². The number of anilines is 1. The van der Waals surface area contributed by atoms with Gasteiger partial charge in [0.2, 0.25) is 10.0 Å². The van der Waals surface area contributed by atoms with Gasteiger partial charge in [0.25, 0.3) is 5.91 Å². The van der Waals surface area contributed by atoms with Crippen LogP contribution in [0, 0.1) is 17.2 Å². The van der Waals surface area contributed by atoms with Crippen molar-refractivity contribution in [1.29, 1.82) is 5.26 Å². The summed E-state index contributed by atoms with van der Waals surface area (Å²) < 4.78 is 32.5. The second-order valence-corrected chi connectivity index (χ2v) is 9.96. The summed E-state index contributed by atoms with van der Waals surface area (Å²) in [6.45, 7) is 3.07. The minimum Gasteiger partial charge on any atom is -0.452 e. The smallest absolute Gasteiger partial charge is 0.309 e. The Morgan fingerprint density at radius 2 is 1.76 bits per heavy atom. The SMILES string of the molecule is CC(=O)c1cccc(S(=O)(=O)N2CCC(C(=O)O[C@H](C)C(=O)Nc3ccc(C#N)cc3)CC2)c1. The summed E-state index contributed by atoms with van der Waals surface area (Å²) in [5.74, 6) is -1.82. The Bertz CT molecular complexity index is 1230. The zero-order valence-corrected chi connectivity index (χ0v) is 19.7. The van der Waals surface area contributed by atoms with Crippen LogP contribution in [-0.2, 0) is 24.3 Å². The Balaban J connectivity index is 1.54. The van der Waals surface area contributed by atoms with Crippen molar-refractivity contribution in [2.45, 2.75) is 37.7 Å². The van der Waals surface area contributed by atoms with Crippen LogP contribution in [0.5, 0.6) is 0 Å². The predicted molar refractivity (Wildman–Crippen MR) is 123 cm³/mol. The summed E-state index contributed by atoms with van der Waals surface area (Å²) >= 11 is 0. The lowest BCUT2D eigenvalue weighted by molar-refractivity contribution is -0.158. The van der Waals surface area contributed by atoms with E-state index in [2.05, 4.69) is 5.32 Å². The number of nitrogens with zero attached hydrogens (tertiary/aromatic N) is 2. The van der Waals surface area contributed by atoms with Crippen molar-refractivity contribution in [3.63, 3.8) is 0 Å². The molecule has 1 amide bonds. The van der Waals surface area contributed by atoms with Gasteiger partial charge >= 0.3 is 5.97 Å². The molecule has 0 radical (unpaired) electrons. The lowest BCUT2D eigenvalue weighted by Gasteiger charge is -2.30. The van der Waals surface area contributed by atoms with Gasteiger partial charge in [-0.1, -0.05) is 12.1 Å². The number of carbonyl (C=O) groups excluding carboxylic acids is 3. The largest absolute Gasteiger partial charge is 0.452 e. The molecule has 1 aliphatic rings. The number of Topliss-reactive ketones (excluding diaryl/α,β-unsaturated/α-hetero) is 1. The van der Waals surface area contributed by atoms with E-state index in [9.17, 15) is 22.8 Å². The van der Waals surface area contributed by atoms with Gasteiger partial charge in [0.1, 0.15) is 0 Å². The molecule has 0 bridgehead atoms. The highest BCUT2D eigenvalue weighted by molar-refractivity contribution is 7.89. The number of nitrogens with one attached hydrogen (secondary N) is 1. The number of hydrogen-bond donors (Lipinski definition) is 1. The molecule has 10 heteroatoms. The minimum absolute atomic E-state index is 0.0364. The molecule has 3 rings (SSSR count). The Morgan fingerprint density at radius 3 is 2.35 bits per heavy atom. The predicted octanol–water partition coefficient (Wildman–Crippen LogP) is 2.73.